The quantitative estimate of drug-likeness (QED) is 0.526. The van der Waals surface area contributed by atoms with Crippen molar-refractivity contribution >= 4 is 5.69 Å². The van der Waals surface area contributed by atoms with Crippen molar-refractivity contribution < 1.29 is 9.47 Å². The third-order valence-electron chi connectivity index (χ3n) is 7.54. The molecule has 5 nitrogen and oxygen atoms in total. The Bertz CT molecular complexity index is 786. The van der Waals surface area contributed by atoms with E-state index < -0.39 is 0 Å². The molecule has 3 rings (SSSR count). The zero-order valence-electron chi connectivity index (χ0n) is 21.7. The Labute approximate surface area is 202 Å². The maximum atomic E-state index is 5.45. The van der Waals surface area contributed by atoms with E-state index in [0.717, 1.165) is 64.5 Å². The first-order valence-corrected chi connectivity index (χ1v) is 13.0. The van der Waals surface area contributed by atoms with Crippen LogP contribution >= 0.6 is 0 Å². The molecule has 0 aromatic heterocycles. The number of ether oxygens (including phenoxy) is 2. The Morgan fingerprint density at radius 1 is 1.09 bits per heavy atom. The van der Waals surface area contributed by atoms with Crippen molar-refractivity contribution in [3.8, 4) is 11.8 Å². The van der Waals surface area contributed by atoms with Crippen LogP contribution < -0.4 is 4.90 Å². The molecule has 2 aliphatic rings. The maximum absolute atomic E-state index is 5.45. The lowest BCUT2D eigenvalue weighted by Crippen LogP contribution is -2.44. The van der Waals surface area contributed by atoms with Gasteiger partial charge in [-0.25, -0.2) is 0 Å². The molecular formula is C28H45N3O2. The second-order valence-corrected chi connectivity index (χ2v) is 9.55. The Kier molecular flexibility index (Phi) is 10.5. The number of likely N-dealkylation sites (N-methyl/N-ethyl adjacent to an activating group) is 1. The van der Waals surface area contributed by atoms with Crippen molar-refractivity contribution in [2.45, 2.75) is 65.0 Å². The number of benzene rings is 1. The molecule has 1 saturated carbocycles. The van der Waals surface area contributed by atoms with Gasteiger partial charge in [0, 0.05) is 56.6 Å². The van der Waals surface area contributed by atoms with Gasteiger partial charge < -0.3 is 19.3 Å². The average Bonchev–Trinajstić information content (AvgIpc) is 2.85. The van der Waals surface area contributed by atoms with Gasteiger partial charge in [0.25, 0.3) is 0 Å². The molecule has 1 heterocycles. The molecule has 184 valence electrons. The van der Waals surface area contributed by atoms with Crippen LogP contribution in [0.15, 0.2) is 12.1 Å². The van der Waals surface area contributed by atoms with Crippen molar-refractivity contribution in [2.75, 3.05) is 71.6 Å². The molecule has 1 aromatic carbocycles. The highest BCUT2D eigenvalue weighted by molar-refractivity contribution is 5.61. The number of aryl methyl sites for hydroxylation is 1. The predicted octanol–water partition coefficient (Wildman–Crippen LogP) is 3.96. The zero-order valence-corrected chi connectivity index (χ0v) is 21.7. The van der Waals surface area contributed by atoms with E-state index >= 15 is 0 Å². The Morgan fingerprint density at radius 3 is 2.42 bits per heavy atom. The summed E-state index contributed by atoms with van der Waals surface area (Å²) in [5.74, 6) is 6.91. The number of morpholine rings is 1. The van der Waals surface area contributed by atoms with Crippen LogP contribution in [0.2, 0.25) is 0 Å². The highest BCUT2D eigenvalue weighted by Gasteiger charge is 2.28. The second-order valence-electron chi connectivity index (χ2n) is 9.55. The van der Waals surface area contributed by atoms with Gasteiger partial charge in [-0.15, -0.1) is 0 Å². The fourth-order valence-corrected chi connectivity index (χ4v) is 5.36. The SMILES string of the molecule is CCc1cc(C#CCN2CCOCC2)cc(N(CC)C2CCC(N(C)CCOC)CC2)c1C. The summed E-state index contributed by atoms with van der Waals surface area (Å²) in [6.07, 6.45) is 6.08. The molecule has 0 amide bonds. The van der Waals surface area contributed by atoms with Crippen molar-refractivity contribution in [2.24, 2.45) is 0 Å². The Morgan fingerprint density at radius 2 is 1.79 bits per heavy atom. The number of anilines is 1. The van der Waals surface area contributed by atoms with Gasteiger partial charge in [0.2, 0.25) is 0 Å². The summed E-state index contributed by atoms with van der Waals surface area (Å²) >= 11 is 0. The number of rotatable bonds is 9. The van der Waals surface area contributed by atoms with Crippen LogP contribution in [-0.4, -0.2) is 88.6 Å². The first-order chi connectivity index (χ1) is 16.1. The third-order valence-corrected chi connectivity index (χ3v) is 7.54. The molecule has 0 radical (unpaired) electrons. The molecule has 0 unspecified atom stereocenters. The highest BCUT2D eigenvalue weighted by atomic mass is 16.5. The average molecular weight is 456 g/mol. The molecule has 5 heteroatoms. The lowest BCUT2D eigenvalue weighted by Gasteiger charge is -2.41. The lowest BCUT2D eigenvalue weighted by atomic mass is 9.88. The molecule has 1 aliphatic heterocycles. The number of hydrogen-bond acceptors (Lipinski definition) is 5. The highest BCUT2D eigenvalue weighted by Crippen LogP contribution is 2.33. The normalized spacial score (nSPS) is 21.6. The second kappa shape index (κ2) is 13.3. The molecule has 2 fully saturated rings. The summed E-state index contributed by atoms with van der Waals surface area (Å²) in [7, 11) is 4.04. The van der Waals surface area contributed by atoms with Gasteiger partial charge in [-0.2, -0.15) is 0 Å². The molecule has 0 spiro atoms. The van der Waals surface area contributed by atoms with Gasteiger partial charge in [-0.05, 0) is 76.3 Å². The van der Waals surface area contributed by atoms with Gasteiger partial charge in [0.05, 0.1) is 26.4 Å². The van der Waals surface area contributed by atoms with E-state index in [4.69, 9.17) is 9.47 Å². The monoisotopic (exact) mass is 455 g/mol. The van der Waals surface area contributed by atoms with E-state index in [1.165, 1.54) is 42.5 Å². The first kappa shape index (κ1) is 26.0. The van der Waals surface area contributed by atoms with Crippen molar-refractivity contribution in [1.29, 1.82) is 0 Å². The number of hydrogen-bond donors (Lipinski definition) is 0. The minimum atomic E-state index is 0.613. The third kappa shape index (κ3) is 7.20. The van der Waals surface area contributed by atoms with Crippen molar-refractivity contribution in [3.63, 3.8) is 0 Å². The largest absolute Gasteiger partial charge is 0.383 e. The lowest BCUT2D eigenvalue weighted by molar-refractivity contribution is 0.0443. The van der Waals surface area contributed by atoms with Crippen LogP contribution in [0.1, 0.15) is 56.2 Å². The van der Waals surface area contributed by atoms with E-state index in [1.54, 1.807) is 7.11 Å². The van der Waals surface area contributed by atoms with Crippen molar-refractivity contribution in [3.05, 3.63) is 28.8 Å². The predicted molar refractivity (Wildman–Crippen MR) is 138 cm³/mol. The first-order valence-electron chi connectivity index (χ1n) is 13.0. The minimum Gasteiger partial charge on any atom is -0.383 e. The Balaban J connectivity index is 1.71. The molecule has 1 saturated heterocycles. The van der Waals surface area contributed by atoms with E-state index in [0.29, 0.717) is 12.1 Å². The van der Waals surface area contributed by atoms with Gasteiger partial charge >= 0.3 is 0 Å². The van der Waals surface area contributed by atoms with Gasteiger partial charge in [-0.3, -0.25) is 4.90 Å². The van der Waals surface area contributed by atoms with Gasteiger partial charge in [0.1, 0.15) is 0 Å². The van der Waals surface area contributed by atoms with E-state index in [9.17, 15) is 0 Å². The molecule has 33 heavy (non-hydrogen) atoms. The smallest absolute Gasteiger partial charge is 0.0606 e. The topological polar surface area (TPSA) is 28.2 Å². The molecule has 1 aliphatic carbocycles. The number of nitrogens with zero attached hydrogens (tertiary/aromatic N) is 3. The Hall–Kier alpha value is -1.58. The standard InChI is InChI=1S/C28H45N3O2/c1-6-25-21-24(9-8-14-30-16-19-33-20-17-30)22-28(23(25)3)31(7-2)27-12-10-26(11-13-27)29(4)15-18-32-5/h21-22,26-27H,6-7,10-20H2,1-5H3. The molecule has 0 atom stereocenters. The minimum absolute atomic E-state index is 0.613. The molecule has 0 N–H and O–H groups in total. The molecule has 0 bridgehead atoms. The summed E-state index contributed by atoms with van der Waals surface area (Å²) in [6.45, 7) is 14.2. The van der Waals surface area contributed by atoms with Gasteiger partial charge in [0.15, 0.2) is 0 Å². The maximum Gasteiger partial charge on any atom is 0.0606 e. The van der Waals surface area contributed by atoms with Crippen LogP contribution in [0.5, 0.6) is 0 Å². The molecule has 1 aromatic rings. The summed E-state index contributed by atoms with van der Waals surface area (Å²) in [5, 5.41) is 0. The van der Waals surface area contributed by atoms with E-state index in [2.05, 4.69) is 66.5 Å². The van der Waals surface area contributed by atoms with Crippen molar-refractivity contribution in [1.82, 2.24) is 9.80 Å². The molecular weight excluding hydrogens is 410 g/mol. The van der Waals surface area contributed by atoms with Crippen LogP contribution in [0.25, 0.3) is 0 Å². The fraction of sp³-hybridized carbons (Fsp3) is 0.714. The summed E-state index contributed by atoms with van der Waals surface area (Å²) < 4.78 is 10.7. The van der Waals surface area contributed by atoms with Crippen LogP contribution in [0.3, 0.4) is 0 Å². The van der Waals surface area contributed by atoms with Crippen LogP contribution in [0, 0.1) is 18.8 Å². The summed E-state index contributed by atoms with van der Waals surface area (Å²) in [4.78, 5) is 7.53. The summed E-state index contributed by atoms with van der Waals surface area (Å²) in [5.41, 5.74) is 5.41. The fourth-order valence-electron chi connectivity index (χ4n) is 5.36. The van der Waals surface area contributed by atoms with E-state index in [-0.39, 0.29) is 0 Å². The van der Waals surface area contributed by atoms with E-state index in [1.807, 2.05) is 0 Å². The zero-order chi connectivity index (χ0) is 23.6. The van der Waals surface area contributed by atoms with Crippen LogP contribution in [-0.2, 0) is 15.9 Å². The summed E-state index contributed by atoms with van der Waals surface area (Å²) in [6, 6.07) is 5.95. The van der Waals surface area contributed by atoms with Crippen LogP contribution in [0.4, 0.5) is 5.69 Å². The number of methoxy groups -OCH3 is 1. The van der Waals surface area contributed by atoms with Gasteiger partial charge in [-0.1, -0.05) is 18.8 Å².